The Balaban J connectivity index is 0.00000225. The number of aryl methyl sites for hydroxylation is 1. The number of imidazole rings is 1. The number of benzene rings is 1. The van der Waals surface area contributed by atoms with E-state index in [2.05, 4.69) is 15.2 Å². The van der Waals surface area contributed by atoms with Crippen LogP contribution in [-0.4, -0.2) is 46.1 Å². The van der Waals surface area contributed by atoms with Crippen molar-refractivity contribution in [2.24, 2.45) is 7.05 Å². The number of nitro groups is 1. The molecule has 1 aliphatic heterocycles. The van der Waals surface area contributed by atoms with E-state index >= 15 is 0 Å². The highest BCUT2D eigenvalue weighted by molar-refractivity contribution is 5.85. The molecule has 1 aliphatic rings. The molecule has 0 bridgehead atoms. The minimum Gasteiger partial charge on any atom is -0.490 e. The van der Waals surface area contributed by atoms with E-state index in [4.69, 9.17) is 4.74 Å². The molecule has 8 nitrogen and oxygen atoms in total. The summed E-state index contributed by atoms with van der Waals surface area (Å²) in [5.41, 5.74) is 0.891. The number of hydrogen-bond acceptors (Lipinski definition) is 6. The molecule has 1 atom stereocenters. The number of hydrogen-bond donors (Lipinski definition) is 1. The molecule has 2 aromatic rings. The number of nitro benzene ring substituents is 1. The smallest absolute Gasteiger partial charge is 0.311 e. The zero-order valence-corrected chi connectivity index (χ0v) is 15.0. The number of methoxy groups -OCH3 is 1. The molecule has 1 aromatic heterocycles. The minimum atomic E-state index is -0.406. The molecule has 136 valence electrons. The van der Waals surface area contributed by atoms with E-state index < -0.39 is 4.92 Å². The van der Waals surface area contributed by atoms with Gasteiger partial charge < -0.3 is 14.6 Å². The first-order valence-corrected chi connectivity index (χ1v) is 7.83. The van der Waals surface area contributed by atoms with E-state index in [0.29, 0.717) is 6.54 Å². The number of nitrogens with zero attached hydrogens (tertiary/aromatic N) is 4. The van der Waals surface area contributed by atoms with Crippen LogP contribution in [0.5, 0.6) is 5.75 Å². The molecule has 0 saturated carbocycles. The lowest BCUT2D eigenvalue weighted by Crippen LogP contribution is -2.46. The van der Waals surface area contributed by atoms with Crippen LogP contribution < -0.4 is 10.1 Å². The first kappa shape index (κ1) is 19.2. The number of ether oxygens (including phenoxy) is 1. The van der Waals surface area contributed by atoms with Crippen molar-refractivity contribution in [3.63, 3.8) is 0 Å². The summed E-state index contributed by atoms with van der Waals surface area (Å²) in [6.45, 7) is 3.18. The summed E-state index contributed by atoms with van der Waals surface area (Å²) >= 11 is 0. The Bertz CT molecular complexity index is 736. The van der Waals surface area contributed by atoms with E-state index in [1.807, 2.05) is 23.9 Å². The second-order valence-corrected chi connectivity index (χ2v) is 5.85. The van der Waals surface area contributed by atoms with Crippen LogP contribution in [0.2, 0.25) is 0 Å². The van der Waals surface area contributed by atoms with E-state index in [-0.39, 0.29) is 29.9 Å². The molecule has 9 heteroatoms. The van der Waals surface area contributed by atoms with Gasteiger partial charge in [0.15, 0.2) is 5.75 Å². The second kappa shape index (κ2) is 8.28. The number of nitrogens with one attached hydrogen (secondary N) is 1. The summed E-state index contributed by atoms with van der Waals surface area (Å²) < 4.78 is 7.08. The van der Waals surface area contributed by atoms with Gasteiger partial charge in [-0.25, -0.2) is 4.98 Å². The van der Waals surface area contributed by atoms with Crippen molar-refractivity contribution in [2.45, 2.75) is 12.6 Å². The molecule has 1 aromatic carbocycles. The highest BCUT2D eigenvalue weighted by Gasteiger charge is 2.27. The molecule has 1 unspecified atom stereocenters. The van der Waals surface area contributed by atoms with Gasteiger partial charge in [-0.05, 0) is 11.6 Å². The monoisotopic (exact) mass is 367 g/mol. The van der Waals surface area contributed by atoms with Crippen molar-refractivity contribution in [1.82, 2.24) is 19.8 Å². The fourth-order valence-corrected chi connectivity index (χ4v) is 3.10. The van der Waals surface area contributed by atoms with Crippen LogP contribution in [0, 0.1) is 10.1 Å². The van der Waals surface area contributed by atoms with Gasteiger partial charge >= 0.3 is 5.69 Å². The molecule has 1 saturated heterocycles. The van der Waals surface area contributed by atoms with Gasteiger partial charge in [-0.3, -0.25) is 15.0 Å². The van der Waals surface area contributed by atoms with E-state index in [0.717, 1.165) is 31.0 Å². The first-order chi connectivity index (χ1) is 11.6. The predicted molar refractivity (Wildman–Crippen MR) is 96.1 cm³/mol. The summed E-state index contributed by atoms with van der Waals surface area (Å²) in [6.07, 6.45) is 3.72. The lowest BCUT2D eigenvalue weighted by atomic mass is 10.1. The molecular formula is C16H22ClN5O3. The quantitative estimate of drug-likeness (QED) is 0.641. The first-order valence-electron chi connectivity index (χ1n) is 7.83. The van der Waals surface area contributed by atoms with Crippen LogP contribution in [-0.2, 0) is 13.6 Å². The molecule has 2 heterocycles. The SMILES string of the molecule is COc1ccc(CN2CCNCC2c2nccn2C)cc1[N+](=O)[O-].Cl. The van der Waals surface area contributed by atoms with E-state index in [1.54, 1.807) is 18.3 Å². The average Bonchev–Trinajstić information content (AvgIpc) is 3.01. The summed E-state index contributed by atoms with van der Waals surface area (Å²) in [5.74, 6) is 1.27. The molecule has 1 fully saturated rings. The molecule has 0 amide bonds. The van der Waals surface area contributed by atoms with Gasteiger partial charge in [0, 0.05) is 51.7 Å². The van der Waals surface area contributed by atoms with Crippen molar-refractivity contribution < 1.29 is 9.66 Å². The molecule has 1 N–H and O–H groups in total. The van der Waals surface area contributed by atoms with Crippen molar-refractivity contribution in [3.05, 3.63) is 52.1 Å². The second-order valence-electron chi connectivity index (χ2n) is 5.85. The maximum atomic E-state index is 11.2. The third-order valence-electron chi connectivity index (χ3n) is 4.34. The van der Waals surface area contributed by atoms with Gasteiger partial charge in [-0.1, -0.05) is 6.07 Å². The minimum absolute atomic E-state index is 0. The normalized spacial score (nSPS) is 17.8. The molecule has 3 rings (SSSR count). The van der Waals surface area contributed by atoms with Gasteiger partial charge in [0.25, 0.3) is 0 Å². The predicted octanol–water partition coefficient (Wildman–Crippen LogP) is 1.91. The fraction of sp³-hybridized carbons (Fsp3) is 0.438. The van der Waals surface area contributed by atoms with Crippen molar-refractivity contribution in [3.8, 4) is 5.75 Å². The topological polar surface area (TPSA) is 85.5 Å². The van der Waals surface area contributed by atoms with Crippen LogP contribution in [0.3, 0.4) is 0 Å². The van der Waals surface area contributed by atoms with Crippen LogP contribution in [0.4, 0.5) is 5.69 Å². The third kappa shape index (κ3) is 4.09. The Morgan fingerprint density at radius 1 is 1.48 bits per heavy atom. The average molecular weight is 368 g/mol. The Kier molecular flexibility index (Phi) is 6.35. The molecule has 25 heavy (non-hydrogen) atoms. The lowest BCUT2D eigenvalue weighted by Gasteiger charge is -2.35. The number of aromatic nitrogens is 2. The number of rotatable bonds is 5. The highest BCUT2D eigenvalue weighted by Crippen LogP contribution is 2.29. The lowest BCUT2D eigenvalue weighted by molar-refractivity contribution is -0.385. The number of halogens is 1. The zero-order chi connectivity index (χ0) is 17.1. The van der Waals surface area contributed by atoms with Gasteiger partial charge in [0.1, 0.15) is 5.82 Å². The van der Waals surface area contributed by atoms with Gasteiger partial charge in [0.05, 0.1) is 18.1 Å². The Morgan fingerprint density at radius 3 is 2.92 bits per heavy atom. The van der Waals surface area contributed by atoms with Crippen molar-refractivity contribution in [1.29, 1.82) is 0 Å². The summed E-state index contributed by atoms with van der Waals surface area (Å²) in [4.78, 5) is 17.6. The molecule has 0 aliphatic carbocycles. The van der Waals surface area contributed by atoms with E-state index in [1.165, 1.54) is 7.11 Å². The summed E-state index contributed by atoms with van der Waals surface area (Å²) in [6, 6.07) is 5.27. The molecular weight excluding hydrogens is 346 g/mol. The van der Waals surface area contributed by atoms with Gasteiger partial charge in [-0.15, -0.1) is 12.4 Å². The number of piperazine rings is 1. The largest absolute Gasteiger partial charge is 0.490 e. The summed E-state index contributed by atoms with van der Waals surface area (Å²) in [5, 5.41) is 14.6. The Labute approximate surface area is 152 Å². The zero-order valence-electron chi connectivity index (χ0n) is 14.2. The third-order valence-corrected chi connectivity index (χ3v) is 4.34. The molecule has 0 radical (unpaired) electrons. The summed E-state index contributed by atoms with van der Waals surface area (Å²) in [7, 11) is 3.42. The molecule has 0 spiro atoms. The van der Waals surface area contributed by atoms with Crippen LogP contribution in [0.15, 0.2) is 30.6 Å². The van der Waals surface area contributed by atoms with Crippen LogP contribution >= 0.6 is 12.4 Å². The Hall–Kier alpha value is -2.16. The van der Waals surface area contributed by atoms with Gasteiger partial charge in [0.2, 0.25) is 0 Å². The van der Waals surface area contributed by atoms with Crippen molar-refractivity contribution >= 4 is 18.1 Å². The van der Waals surface area contributed by atoms with Crippen LogP contribution in [0.1, 0.15) is 17.4 Å². The fourth-order valence-electron chi connectivity index (χ4n) is 3.10. The highest BCUT2D eigenvalue weighted by atomic mass is 35.5. The van der Waals surface area contributed by atoms with Crippen LogP contribution in [0.25, 0.3) is 0 Å². The maximum absolute atomic E-state index is 11.2. The van der Waals surface area contributed by atoms with Gasteiger partial charge in [-0.2, -0.15) is 0 Å². The van der Waals surface area contributed by atoms with Crippen molar-refractivity contribution in [2.75, 3.05) is 26.7 Å². The standard InChI is InChI=1S/C16H21N5O3.ClH/c1-19-7-6-18-16(19)14-10-17-5-8-20(14)11-12-3-4-15(24-2)13(9-12)21(22)23;/h3-4,6-7,9,14,17H,5,8,10-11H2,1-2H3;1H. The maximum Gasteiger partial charge on any atom is 0.311 e. The van der Waals surface area contributed by atoms with E-state index in [9.17, 15) is 10.1 Å². The Morgan fingerprint density at radius 2 is 2.28 bits per heavy atom.